The first-order chi connectivity index (χ1) is 10.0. The molecule has 1 N–H and O–H groups in total. The van der Waals surface area contributed by atoms with Gasteiger partial charge in [-0.3, -0.25) is 0 Å². The zero-order valence-electron chi connectivity index (χ0n) is 12.8. The smallest absolute Gasteiger partial charge is 0.119 e. The normalized spacial score (nSPS) is 10.7. The van der Waals surface area contributed by atoms with Gasteiger partial charge in [0.1, 0.15) is 5.75 Å². The summed E-state index contributed by atoms with van der Waals surface area (Å²) in [5.74, 6) is 1.47. The monoisotopic (exact) mass is 303 g/mol. The largest absolute Gasteiger partial charge is 0.493 e. The summed E-state index contributed by atoms with van der Waals surface area (Å²) in [5.41, 5.74) is 3.49. The molecule has 3 heteroatoms. The van der Waals surface area contributed by atoms with Gasteiger partial charge < -0.3 is 10.1 Å². The lowest BCUT2D eigenvalue weighted by Gasteiger charge is -2.11. The van der Waals surface area contributed by atoms with Gasteiger partial charge in [0.15, 0.2) is 0 Å². The first-order valence-corrected chi connectivity index (χ1v) is 7.64. The molecule has 2 rings (SSSR count). The summed E-state index contributed by atoms with van der Waals surface area (Å²) >= 11 is 5.96. The molecule has 0 saturated heterocycles. The molecule has 0 aliphatic rings. The Balaban J connectivity index is 1.91. The Morgan fingerprint density at radius 1 is 1.10 bits per heavy atom. The molecule has 0 radical (unpaired) electrons. The fourth-order valence-electron chi connectivity index (χ4n) is 1.99. The van der Waals surface area contributed by atoms with E-state index in [4.69, 9.17) is 16.3 Å². The number of halogens is 1. The summed E-state index contributed by atoms with van der Waals surface area (Å²) in [5, 5.41) is 4.19. The van der Waals surface area contributed by atoms with Crippen molar-refractivity contribution in [3.8, 4) is 5.75 Å². The zero-order valence-corrected chi connectivity index (χ0v) is 13.6. The van der Waals surface area contributed by atoms with Crippen LogP contribution in [0.4, 0.5) is 5.69 Å². The van der Waals surface area contributed by atoms with Crippen LogP contribution in [0.5, 0.6) is 5.75 Å². The molecule has 112 valence electrons. The molecule has 0 atom stereocenters. The van der Waals surface area contributed by atoms with Crippen LogP contribution in [0, 0.1) is 12.8 Å². The molecule has 0 aliphatic heterocycles. The molecule has 0 aliphatic carbocycles. The standard InChI is InChI=1S/C18H22ClNO/c1-13(2)12-21-17-7-4-15(5-8-17)11-20-18-9-6-16(19)10-14(18)3/h4-10,13,20H,11-12H2,1-3H3. The number of ether oxygens (including phenoxy) is 1. The summed E-state index contributed by atoms with van der Waals surface area (Å²) in [4.78, 5) is 0. The number of benzene rings is 2. The van der Waals surface area contributed by atoms with Crippen LogP contribution < -0.4 is 10.1 Å². The molecule has 21 heavy (non-hydrogen) atoms. The van der Waals surface area contributed by atoms with E-state index in [0.29, 0.717) is 5.92 Å². The number of hydrogen-bond donors (Lipinski definition) is 1. The van der Waals surface area contributed by atoms with Crippen molar-refractivity contribution in [1.29, 1.82) is 0 Å². The maximum Gasteiger partial charge on any atom is 0.119 e. The first-order valence-electron chi connectivity index (χ1n) is 7.26. The molecule has 2 nitrogen and oxygen atoms in total. The average Bonchev–Trinajstić information content (AvgIpc) is 2.45. The molecule has 0 fully saturated rings. The summed E-state index contributed by atoms with van der Waals surface area (Å²) in [6.07, 6.45) is 0. The molecule has 0 heterocycles. The highest BCUT2D eigenvalue weighted by Gasteiger charge is 2.01. The number of rotatable bonds is 6. The minimum Gasteiger partial charge on any atom is -0.493 e. The number of aryl methyl sites for hydroxylation is 1. The van der Waals surface area contributed by atoms with Crippen molar-refractivity contribution < 1.29 is 4.74 Å². The number of anilines is 1. The van der Waals surface area contributed by atoms with Gasteiger partial charge in [0.2, 0.25) is 0 Å². The molecule has 0 amide bonds. The van der Waals surface area contributed by atoms with Gasteiger partial charge in [-0.1, -0.05) is 37.6 Å². The second kappa shape index (κ2) is 7.37. The van der Waals surface area contributed by atoms with Gasteiger partial charge in [-0.2, -0.15) is 0 Å². The minimum absolute atomic E-state index is 0.541. The fraction of sp³-hybridized carbons (Fsp3) is 0.333. The lowest BCUT2D eigenvalue weighted by Crippen LogP contribution is -2.05. The molecule has 0 bridgehead atoms. The Bertz CT molecular complexity index is 578. The molecule has 2 aromatic rings. The summed E-state index contributed by atoms with van der Waals surface area (Å²) < 4.78 is 5.68. The molecule has 0 unspecified atom stereocenters. The van der Waals surface area contributed by atoms with E-state index in [-0.39, 0.29) is 0 Å². The Morgan fingerprint density at radius 2 is 1.81 bits per heavy atom. The van der Waals surface area contributed by atoms with Crippen LogP contribution in [-0.2, 0) is 6.54 Å². The van der Waals surface area contributed by atoms with E-state index in [1.165, 1.54) is 5.56 Å². The van der Waals surface area contributed by atoms with Crippen LogP contribution in [0.1, 0.15) is 25.0 Å². The van der Waals surface area contributed by atoms with E-state index in [0.717, 1.165) is 35.2 Å². The highest BCUT2D eigenvalue weighted by Crippen LogP contribution is 2.21. The zero-order chi connectivity index (χ0) is 15.2. The second-order valence-electron chi connectivity index (χ2n) is 5.66. The average molecular weight is 304 g/mol. The van der Waals surface area contributed by atoms with E-state index in [1.807, 2.05) is 30.3 Å². The lowest BCUT2D eigenvalue weighted by molar-refractivity contribution is 0.271. The van der Waals surface area contributed by atoms with Crippen LogP contribution >= 0.6 is 11.6 Å². The van der Waals surface area contributed by atoms with Crippen LogP contribution in [0.15, 0.2) is 42.5 Å². The van der Waals surface area contributed by atoms with Crippen LogP contribution in [0.2, 0.25) is 5.02 Å². The highest BCUT2D eigenvalue weighted by atomic mass is 35.5. The van der Waals surface area contributed by atoms with Crippen molar-refractivity contribution in [3.05, 3.63) is 58.6 Å². The molecular weight excluding hydrogens is 282 g/mol. The molecule has 0 aromatic heterocycles. The Morgan fingerprint density at radius 3 is 2.43 bits per heavy atom. The van der Waals surface area contributed by atoms with E-state index < -0.39 is 0 Å². The van der Waals surface area contributed by atoms with E-state index >= 15 is 0 Å². The molecule has 2 aromatic carbocycles. The van der Waals surface area contributed by atoms with Crippen LogP contribution in [0.25, 0.3) is 0 Å². The first kappa shape index (κ1) is 15.7. The fourth-order valence-corrected chi connectivity index (χ4v) is 2.22. The summed E-state index contributed by atoms with van der Waals surface area (Å²) in [6.45, 7) is 7.88. The number of hydrogen-bond acceptors (Lipinski definition) is 2. The SMILES string of the molecule is Cc1cc(Cl)ccc1NCc1ccc(OCC(C)C)cc1. The summed E-state index contributed by atoms with van der Waals surface area (Å²) in [6, 6.07) is 14.1. The van der Waals surface area contributed by atoms with Crippen molar-refractivity contribution in [2.45, 2.75) is 27.3 Å². The van der Waals surface area contributed by atoms with Crippen molar-refractivity contribution in [3.63, 3.8) is 0 Å². The van der Waals surface area contributed by atoms with Gasteiger partial charge >= 0.3 is 0 Å². The third-order valence-corrected chi connectivity index (χ3v) is 3.41. The Labute approximate surface area is 132 Å². The predicted octanol–water partition coefficient (Wildman–Crippen LogP) is 5.30. The van der Waals surface area contributed by atoms with Gasteiger partial charge in [0, 0.05) is 17.3 Å². The van der Waals surface area contributed by atoms with Crippen molar-refractivity contribution in [2.75, 3.05) is 11.9 Å². The Hall–Kier alpha value is -1.67. The van der Waals surface area contributed by atoms with Crippen molar-refractivity contribution in [2.24, 2.45) is 5.92 Å². The number of nitrogens with one attached hydrogen (secondary N) is 1. The van der Waals surface area contributed by atoms with Gasteiger partial charge in [-0.25, -0.2) is 0 Å². The van der Waals surface area contributed by atoms with Gasteiger partial charge in [-0.15, -0.1) is 0 Å². The predicted molar refractivity (Wildman–Crippen MR) is 90.3 cm³/mol. The van der Waals surface area contributed by atoms with Gasteiger partial charge in [0.25, 0.3) is 0 Å². The van der Waals surface area contributed by atoms with E-state index in [9.17, 15) is 0 Å². The van der Waals surface area contributed by atoms with Crippen LogP contribution in [0.3, 0.4) is 0 Å². The van der Waals surface area contributed by atoms with Gasteiger partial charge in [-0.05, 0) is 54.3 Å². The van der Waals surface area contributed by atoms with Crippen molar-refractivity contribution in [1.82, 2.24) is 0 Å². The topological polar surface area (TPSA) is 21.3 Å². The summed E-state index contributed by atoms with van der Waals surface area (Å²) in [7, 11) is 0. The van der Waals surface area contributed by atoms with E-state index in [2.05, 4.69) is 38.2 Å². The maximum absolute atomic E-state index is 5.96. The quantitative estimate of drug-likeness (QED) is 0.782. The second-order valence-corrected chi connectivity index (χ2v) is 6.10. The van der Waals surface area contributed by atoms with E-state index in [1.54, 1.807) is 0 Å². The van der Waals surface area contributed by atoms with Gasteiger partial charge in [0.05, 0.1) is 6.61 Å². The highest BCUT2D eigenvalue weighted by molar-refractivity contribution is 6.30. The van der Waals surface area contributed by atoms with Crippen LogP contribution in [-0.4, -0.2) is 6.61 Å². The van der Waals surface area contributed by atoms with Crippen molar-refractivity contribution >= 4 is 17.3 Å². The molecule has 0 saturated carbocycles. The third-order valence-electron chi connectivity index (χ3n) is 3.18. The Kier molecular flexibility index (Phi) is 5.51. The minimum atomic E-state index is 0.541. The molecular formula is C18H22ClNO. The lowest BCUT2D eigenvalue weighted by atomic mass is 10.1. The molecule has 0 spiro atoms. The maximum atomic E-state index is 5.96. The third kappa shape index (κ3) is 4.98.